The van der Waals surface area contributed by atoms with E-state index < -0.39 is 11.8 Å². The predicted molar refractivity (Wildman–Crippen MR) is 119 cm³/mol. The topological polar surface area (TPSA) is 83.7 Å². The van der Waals surface area contributed by atoms with E-state index >= 15 is 0 Å². The number of hydrogen-bond donors (Lipinski definition) is 1. The Morgan fingerprint density at radius 3 is 2.13 bits per heavy atom. The monoisotopic (exact) mass is 433 g/mol. The molecule has 3 aromatic carbocycles. The zero-order valence-electron chi connectivity index (χ0n) is 16.6. The molecule has 1 N–H and O–H groups in total. The molecule has 0 unspecified atom stereocenters. The number of rotatable bonds is 9. The number of nitrogens with one attached hydrogen (secondary N) is 1. The Balaban J connectivity index is 1.43. The van der Waals surface area contributed by atoms with Gasteiger partial charge in [0.1, 0.15) is 24.7 Å². The molecule has 0 aliphatic heterocycles. The zero-order valence-corrected chi connectivity index (χ0v) is 17.3. The molecule has 1 atom stereocenters. The van der Waals surface area contributed by atoms with Crippen LogP contribution in [0.15, 0.2) is 84.0 Å². The molecular weight excluding hydrogens is 414 g/mol. The van der Waals surface area contributed by atoms with Crippen molar-refractivity contribution in [1.29, 1.82) is 5.26 Å². The first-order valence-corrected chi connectivity index (χ1v) is 9.92. The normalized spacial score (nSPS) is 11.5. The average molecular weight is 434 g/mol. The molecule has 156 valence electrons. The molecule has 0 bridgehead atoms. The lowest BCUT2D eigenvalue weighted by molar-refractivity contribution is -0.121. The summed E-state index contributed by atoms with van der Waals surface area (Å²) >= 11 is 5.84. The van der Waals surface area contributed by atoms with Crippen LogP contribution in [0.1, 0.15) is 17.0 Å². The molecule has 7 heteroatoms. The van der Waals surface area contributed by atoms with Crippen LogP contribution < -0.4 is 14.9 Å². The van der Waals surface area contributed by atoms with Gasteiger partial charge in [0, 0.05) is 5.02 Å². The van der Waals surface area contributed by atoms with E-state index in [2.05, 4.69) is 10.5 Å². The maximum absolute atomic E-state index is 12.2. The second kappa shape index (κ2) is 11.4. The Morgan fingerprint density at radius 2 is 1.55 bits per heavy atom. The SMILES string of the molecule is N#C[C@H](C(=O)N/N=C\c1ccc(OCCOc2ccc(Cl)cc2)cc1)c1ccccc1. The lowest BCUT2D eigenvalue weighted by Gasteiger charge is -2.08. The van der Waals surface area contributed by atoms with Gasteiger partial charge in [0.25, 0.3) is 5.91 Å². The highest BCUT2D eigenvalue weighted by molar-refractivity contribution is 6.30. The predicted octanol–water partition coefficient (Wildman–Crippen LogP) is 4.56. The van der Waals surface area contributed by atoms with E-state index in [9.17, 15) is 10.1 Å². The first-order chi connectivity index (χ1) is 15.2. The molecule has 3 rings (SSSR count). The summed E-state index contributed by atoms with van der Waals surface area (Å²) in [5.41, 5.74) is 3.81. The second-order valence-corrected chi connectivity index (χ2v) is 6.86. The molecular formula is C24H20ClN3O3. The maximum atomic E-state index is 12.2. The van der Waals surface area contributed by atoms with Crippen LogP contribution in [0.4, 0.5) is 0 Å². The van der Waals surface area contributed by atoms with Crippen molar-refractivity contribution < 1.29 is 14.3 Å². The number of amides is 1. The van der Waals surface area contributed by atoms with Crippen molar-refractivity contribution in [1.82, 2.24) is 5.43 Å². The van der Waals surface area contributed by atoms with Crippen molar-refractivity contribution in [3.05, 3.63) is 95.0 Å². The largest absolute Gasteiger partial charge is 0.490 e. The summed E-state index contributed by atoms with van der Waals surface area (Å²) in [6, 6.07) is 25.2. The zero-order chi connectivity index (χ0) is 21.9. The smallest absolute Gasteiger partial charge is 0.261 e. The number of nitrogens with zero attached hydrogens (tertiary/aromatic N) is 2. The second-order valence-electron chi connectivity index (χ2n) is 6.43. The highest BCUT2D eigenvalue weighted by Gasteiger charge is 2.19. The van der Waals surface area contributed by atoms with E-state index in [0.717, 1.165) is 11.3 Å². The number of ether oxygens (including phenoxy) is 2. The van der Waals surface area contributed by atoms with E-state index in [1.54, 1.807) is 60.7 Å². The van der Waals surface area contributed by atoms with Gasteiger partial charge in [-0.2, -0.15) is 10.4 Å². The van der Waals surface area contributed by atoms with E-state index in [0.29, 0.717) is 29.5 Å². The summed E-state index contributed by atoms with van der Waals surface area (Å²) in [5, 5.41) is 13.9. The van der Waals surface area contributed by atoms with Gasteiger partial charge in [-0.1, -0.05) is 41.9 Å². The molecule has 31 heavy (non-hydrogen) atoms. The Labute approximate surface area is 185 Å². The molecule has 6 nitrogen and oxygen atoms in total. The van der Waals surface area contributed by atoms with Crippen LogP contribution in [-0.4, -0.2) is 25.3 Å². The lowest BCUT2D eigenvalue weighted by atomic mass is 10.0. The van der Waals surface area contributed by atoms with Gasteiger partial charge in [0.05, 0.1) is 12.3 Å². The molecule has 0 spiro atoms. The Kier molecular flexibility index (Phi) is 8.04. The van der Waals surface area contributed by atoms with Gasteiger partial charge in [0.15, 0.2) is 5.92 Å². The third-order valence-electron chi connectivity index (χ3n) is 4.23. The van der Waals surface area contributed by atoms with Crippen LogP contribution >= 0.6 is 11.6 Å². The number of benzene rings is 3. The molecule has 0 aromatic heterocycles. The van der Waals surface area contributed by atoms with Gasteiger partial charge in [-0.3, -0.25) is 4.79 Å². The van der Waals surface area contributed by atoms with Crippen LogP contribution in [0.2, 0.25) is 5.02 Å². The summed E-state index contributed by atoms with van der Waals surface area (Å²) < 4.78 is 11.2. The number of halogens is 1. The van der Waals surface area contributed by atoms with Crippen molar-refractivity contribution in [3.8, 4) is 17.6 Å². The van der Waals surface area contributed by atoms with Crippen molar-refractivity contribution >= 4 is 23.7 Å². The average Bonchev–Trinajstić information content (AvgIpc) is 2.80. The summed E-state index contributed by atoms with van der Waals surface area (Å²) in [5.74, 6) is 0.0248. The van der Waals surface area contributed by atoms with E-state index in [-0.39, 0.29) is 0 Å². The highest BCUT2D eigenvalue weighted by Crippen LogP contribution is 2.16. The molecule has 0 aliphatic carbocycles. The van der Waals surface area contributed by atoms with Gasteiger partial charge in [-0.25, -0.2) is 5.43 Å². The van der Waals surface area contributed by atoms with Crippen LogP contribution in [-0.2, 0) is 4.79 Å². The first-order valence-electron chi connectivity index (χ1n) is 9.54. The third kappa shape index (κ3) is 6.88. The van der Waals surface area contributed by atoms with Crippen LogP contribution in [0.25, 0.3) is 0 Å². The molecule has 0 heterocycles. The molecule has 3 aromatic rings. The molecule has 0 radical (unpaired) electrons. The fraction of sp³-hybridized carbons (Fsp3) is 0.125. The standard InChI is InChI=1S/C24H20ClN3O3/c25-20-8-12-22(13-9-20)31-15-14-30-21-10-6-18(7-11-21)17-27-28-24(29)23(16-26)19-4-2-1-3-5-19/h1-13,17,23H,14-15H2,(H,28,29)/b27-17-/t23-/m0/s1. The number of carbonyl (C=O) groups is 1. The number of carbonyl (C=O) groups excluding carboxylic acids is 1. The molecule has 0 fully saturated rings. The molecule has 0 aliphatic rings. The fourth-order valence-corrected chi connectivity index (χ4v) is 2.79. The Morgan fingerprint density at radius 1 is 0.968 bits per heavy atom. The minimum atomic E-state index is -0.913. The molecule has 0 saturated heterocycles. The quantitative estimate of drug-likeness (QED) is 0.304. The van der Waals surface area contributed by atoms with Gasteiger partial charge in [0.2, 0.25) is 0 Å². The number of hydrazone groups is 1. The van der Waals surface area contributed by atoms with Gasteiger partial charge in [-0.15, -0.1) is 0 Å². The van der Waals surface area contributed by atoms with Gasteiger partial charge in [-0.05, 0) is 59.7 Å². The Hall–Kier alpha value is -3.82. The molecule has 1 amide bonds. The minimum absolute atomic E-state index is 0.390. The number of hydrogen-bond acceptors (Lipinski definition) is 5. The van der Waals surface area contributed by atoms with E-state index in [4.69, 9.17) is 21.1 Å². The van der Waals surface area contributed by atoms with E-state index in [1.807, 2.05) is 24.3 Å². The first kappa shape index (κ1) is 21.9. The van der Waals surface area contributed by atoms with Gasteiger partial charge < -0.3 is 9.47 Å². The van der Waals surface area contributed by atoms with Crippen molar-refractivity contribution in [3.63, 3.8) is 0 Å². The van der Waals surface area contributed by atoms with Crippen LogP contribution in [0.5, 0.6) is 11.5 Å². The van der Waals surface area contributed by atoms with Crippen molar-refractivity contribution in [2.45, 2.75) is 5.92 Å². The summed E-state index contributed by atoms with van der Waals surface area (Å²) in [6.07, 6.45) is 1.50. The summed E-state index contributed by atoms with van der Waals surface area (Å²) in [7, 11) is 0. The van der Waals surface area contributed by atoms with E-state index in [1.165, 1.54) is 6.21 Å². The van der Waals surface area contributed by atoms with Gasteiger partial charge >= 0.3 is 0 Å². The minimum Gasteiger partial charge on any atom is -0.490 e. The Bertz CT molecular complexity index is 1050. The van der Waals surface area contributed by atoms with Crippen molar-refractivity contribution in [2.75, 3.05) is 13.2 Å². The van der Waals surface area contributed by atoms with Crippen LogP contribution in [0, 0.1) is 11.3 Å². The summed E-state index contributed by atoms with van der Waals surface area (Å²) in [4.78, 5) is 12.2. The number of nitriles is 1. The lowest BCUT2D eigenvalue weighted by Crippen LogP contribution is -2.24. The third-order valence-corrected chi connectivity index (χ3v) is 4.48. The highest BCUT2D eigenvalue weighted by atomic mass is 35.5. The van der Waals surface area contributed by atoms with Crippen LogP contribution in [0.3, 0.4) is 0 Å². The summed E-state index contributed by atoms with van der Waals surface area (Å²) in [6.45, 7) is 0.791. The van der Waals surface area contributed by atoms with Crippen molar-refractivity contribution in [2.24, 2.45) is 5.10 Å². The fourth-order valence-electron chi connectivity index (χ4n) is 2.66. The maximum Gasteiger partial charge on any atom is 0.261 e. The molecule has 0 saturated carbocycles.